The lowest BCUT2D eigenvalue weighted by Gasteiger charge is -2.24. The number of phenols is 1. The minimum Gasteiger partial charge on any atom is -0.507 e. The van der Waals surface area contributed by atoms with Gasteiger partial charge < -0.3 is 15.9 Å². The van der Waals surface area contributed by atoms with Crippen molar-refractivity contribution in [3.05, 3.63) is 28.8 Å². The largest absolute Gasteiger partial charge is 0.507 e. The van der Waals surface area contributed by atoms with E-state index < -0.39 is 0 Å². The molecule has 4 N–H and O–H groups in total. The van der Waals surface area contributed by atoms with Gasteiger partial charge in [0.2, 0.25) is 0 Å². The summed E-state index contributed by atoms with van der Waals surface area (Å²) in [5.41, 5.74) is 8.46. The van der Waals surface area contributed by atoms with E-state index in [-0.39, 0.29) is 18.4 Å². The van der Waals surface area contributed by atoms with Crippen LogP contribution in [0.15, 0.2) is 12.1 Å². The number of aryl methyl sites for hydroxylation is 1. The van der Waals surface area contributed by atoms with Gasteiger partial charge in [-0.25, -0.2) is 0 Å². The molecule has 0 spiro atoms. The molecule has 0 heterocycles. The van der Waals surface area contributed by atoms with Gasteiger partial charge in [0.15, 0.2) is 0 Å². The Morgan fingerprint density at radius 1 is 1.43 bits per heavy atom. The summed E-state index contributed by atoms with van der Waals surface area (Å²) in [7, 11) is 0. The zero-order valence-electron chi connectivity index (χ0n) is 8.03. The molecule has 1 aliphatic rings. The van der Waals surface area contributed by atoms with Crippen molar-refractivity contribution in [3.63, 3.8) is 0 Å². The molecule has 0 unspecified atom stereocenters. The Hall–Kier alpha value is -1.06. The zero-order chi connectivity index (χ0) is 10.1. The van der Waals surface area contributed by atoms with E-state index in [0.29, 0.717) is 5.56 Å². The molecule has 0 radical (unpaired) electrons. The van der Waals surface area contributed by atoms with Gasteiger partial charge in [-0.05, 0) is 24.8 Å². The molecule has 1 aliphatic carbocycles. The molecular formula is C11H15NO2. The molecule has 0 fully saturated rings. The summed E-state index contributed by atoms with van der Waals surface area (Å²) < 4.78 is 0. The summed E-state index contributed by atoms with van der Waals surface area (Å²) in [5, 5.41) is 18.9. The maximum Gasteiger partial charge on any atom is 0.126 e. The molecule has 1 aromatic carbocycles. The van der Waals surface area contributed by atoms with Gasteiger partial charge in [-0.15, -0.1) is 0 Å². The highest BCUT2D eigenvalue weighted by molar-refractivity contribution is 5.48. The summed E-state index contributed by atoms with van der Waals surface area (Å²) in [5.74, 6) is 0.192. The molecule has 0 saturated carbocycles. The number of benzene rings is 1. The second kappa shape index (κ2) is 3.59. The lowest BCUT2D eigenvalue weighted by Crippen LogP contribution is -2.18. The van der Waals surface area contributed by atoms with Crippen molar-refractivity contribution in [1.82, 2.24) is 0 Å². The highest BCUT2D eigenvalue weighted by Gasteiger charge is 2.21. The van der Waals surface area contributed by atoms with Crippen LogP contribution in [0.5, 0.6) is 5.75 Å². The maximum atomic E-state index is 9.87. The third-order valence-corrected chi connectivity index (χ3v) is 2.89. The number of hydrogen-bond donors (Lipinski definition) is 3. The van der Waals surface area contributed by atoms with Crippen molar-refractivity contribution >= 4 is 0 Å². The first kappa shape index (κ1) is 9.49. The summed E-state index contributed by atoms with van der Waals surface area (Å²) in [6.45, 7) is -0.133. The molecule has 0 aliphatic heterocycles. The standard InChI is InChI=1S/C11H15NO2/c12-9-3-1-2-7-4-5-8(6-13)11(14)10(7)9/h4-5,9,13-14H,1-3,6,12H2/t9-/m1/s1. The van der Waals surface area contributed by atoms with Crippen LogP contribution in [0.25, 0.3) is 0 Å². The molecule has 0 amide bonds. The summed E-state index contributed by atoms with van der Waals surface area (Å²) in [6, 6.07) is 3.65. The van der Waals surface area contributed by atoms with Gasteiger partial charge in [0.25, 0.3) is 0 Å². The van der Waals surface area contributed by atoms with E-state index in [9.17, 15) is 5.11 Å². The Kier molecular flexibility index (Phi) is 2.44. The van der Waals surface area contributed by atoms with Gasteiger partial charge >= 0.3 is 0 Å². The summed E-state index contributed by atoms with van der Waals surface area (Å²) >= 11 is 0. The molecular weight excluding hydrogens is 178 g/mol. The molecule has 0 saturated heterocycles. The van der Waals surface area contributed by atoms with Crippen molar-refractivity contribution in [2.45, 2.75) is 31.9 Å². The van der Waals surface area contributed by atoms with Crippen LogP contribution in [0.1, 0.15) is 35.6 Å². The summed E-state index contributed by atoms with van der Waals surface area (Å²) in [6.07, 6.45) is 2.96. The van der Waals surface area contributed by atoms with Crippen LogP contribution in [0.2, 0.25) is 0 Å². The van der Waals surface area contributed by atoms with Gasteiger partial charge in [-0.3, -0.25) is 0 Å². The minimum absolute atomic E-state index is 0.0785. The van der Waals surface area contributed by atoms with E-state index in [4.69, 9.17) is 10.8 Å². The van der Waals surface area contributed by atoms with Gasteiger partial charge in [0.1, 0.15) is 5.75 Å². The summed E-state index contributed by atoms with van der Waals surface area (Å²) in [4.78, 5) is 0. The maximum absolute atomic E-state index is 9.87. The van der Waals surface area contributed by atoms with Gasteiger partial charge in [0, 0.05) is 17.2 Å². The fraction of sp³-hybridized carbons (Fsp3) is 0.455. The van der Waals surface area contributed by atoms with E-state index in [2.05, 4.69) is 0 Å². The smallest absolute Gasteiger partial charge is 0.126 e. The third-order valence-electron chi connectivity index (χ3n) is 2.89. The van der Waals surface area contributed by atoms with Crippen molar-refractivity contribution in [2.24, 2.45) is 5.73 Å². The van der Waals surface area contributed by atoms with Crippen LogP contribution >= 0.6 is 0 Å². The van der Waals surface area contributed by atoms with Gasteiger partial charge in [-0.1, -0.05) is 12.1 Å². The molecule has 0 bridgehead atoms. The Morgan fingerprint density at radius 2 is 2.21 bits per heavy atom. The third kappa shape index (κ3) is 1.38. The molecule has 0 aromatic heterocycles. The predicted molar refractivity (Wildman–Crippen MR) is 53.9 cm³/mol. The number of fused-ring (bicyclic) bond motifs is 1. The van der Waals surface area contributed by atoms with Crippen molar-refractivity contribution < 1.29 is 10.2 Å². The van der Waals surface area contributed by atoms with Crippen LogP contribution in [0, 0.1) is 0 Å². The molecule has 3 nitrogen and oxygen atoms in total. The molecule has 76 valence electrons. The fourth-order valence-electron chi connectivity index (χ4n) is 2.11. The highest BCUT2D eigenvalue weighted by Crippen LogP contribution is 2.36. The molecule has 1 atom stereocenters. The second-order valence-electron chi connectivity index (χ2n) is 3.80. The van der Waals surface area contributed by atoms with Gasteiger partial charge in [-0.2, -0.15) is 0 Å². The number of hydrogen-bond acceptors (Lipinski definition) is 3. The highest BCUT2D eigenvalue weighted by atomic mass is 16.3. The Balaban J connectivity index is 2.54. The fourth-order valence-corrected chi connectivity index (χ4v) is 2.11. The quantitative estimate of drug-likeness (QED) is 0.628. The first-order valence-electron chi connectivity index (χ1n) is 4.94. The van der Waals surface area contributed by atoms with E-state index in [1.807, 2.05) is 6.07 Å². The van der Waals surface area contributed by atoms with Crippen LogP contribution in [0.3, 0.4) is 0 Å². The van der Waals surface area contributed by atoms with Gasteiger partial charge in [0.05, 0.1) is 6.61 Å². The molecule has 2 rings (SSSR count). The normalized spacial score (nSPS) is 20.6. The zero-order valence-corrected chi connectivity index (χ0v) is 8.03. The Labute approximate surface area is 83.2 Å². The van der Waals surface area contributed by atoms with Crippen molar-refractivity contribution in [2.75, 3.05) is 0 Å². The molecule has 14 heavy (non-hydrogen) atoms. The SMILES string of the molecule is N[C@@H]1CCCc2ccc(CO)c(O)c21. The monoisotopic (exact) mass is 193 g/mol. The number of rotatable bonds is 1. The molecule has 1 aromatic rings. The predicted octanol–water partition coefficient (Wildman–Crippen LogP) is 1.22. The number of aliphatic hydroxyl groups is 1. The lowest BCUT2D eigenvalue weighted by molar-refractivity contribution is 0.274. The van der Waals surface area contributed by atoms with Crippen LogP contribution in [0.4, 0.5) is 0 Å². The topological polar surface area (TPSA) is 66.5 Å². The van der Waals surface area contributed by atoms with Crippen molar-refractivity contribution in [1.29, 1.82) is 0 Å². The molecule has 3 heteroatoms. The van der Waals surface area contributed by atoms with E-state index in [0.717, 1.165) is 30.4 Å². The van der Waals surface area contributed by atoms with Crippen LogP contribution < -0.4 is 5.73 Å². The van der Waals surface area contributed by atoms with E-state index >= 15 is 0 Å². The first-order valence-corrected chi connectivity index (χ1v) is 4.94. The number of aliphatic hydroxyl groups excluding tert-OH is 1. The second-order valence-corrected chi connectivity index (χ2v) is 3.80. The lowest BCUT2D eigenvalue weighted by atomic mass is 9.86. The van der Waals surface area contributed by atoms with Crippen LogP contribution in [-0.2, 0) is 13.0 Å². The van der Waals surface area contributed by atoms with E-state index in [1.54, 1.807) is 6.07 Å². The average molecular weight is 193 g/mol. The van der Waals surface area contributed by atoms with Crippen molar-refractivity contribution in [3.8, 4) is 5.75 Å². The average Bonchev–Trinajstić information content (AvgIpc) is 2.18. The Morgan fingerprint density at radius 3 is 2.93 bits per heavy atom. The van der Waals surface area contributed by atoms with E-state index in [1.165, 1.54) is 0 Å². The minimum atomic E-state index is -0.133. The number of aromatic hydroxyl groups is 1. The van der Waals surface area contributed by atoms with Crippen LogP contribution in [-0.4, -0.2) is 10.2 Å². The first-order chi connectivity index (χ1) is 6.74. The Bertz CT molecular complexity index is 349. The number of nitrogens with two attached hydrogens (primary N) is 1.